The highest BCUT2D eigenvalue weighted by molar-refractivity contribution is 4.97. The predicted molar refractivity (Wildman–Crippen MR) is 50.8 cm³/mol. The third-order valence-electron chi connectivity index (χ3n) is 2.48. The van der Waals surface area contributed by atoms with Gasteiger partial charge in [-0.1, -0.05) is 5.16 Å². The minimum absolute atomic E-state index is 0.0799. The van der Waals surface area contributed by atoms with E-state index in [4.69, 9.17) is 15.0 Å². The molecule has 15 heavy (non-hydrogen) atoms. The van der Waals surface area contributed by atoms with E-state index in [9.17, 15) is 5.11 Å². The maximum atomic E-state index is 9.26. The van der Waals surface area contributed by atoms with Crippen LogP contribution in [-0.4, -0.2) is 28.0 Å². The van der Waals surface area contributed by atoms with E-state index in [1.54, 1.807) is 6.92 Å². The lowest BCUT2D eigenvalue weighted by Gasteiger charge is -2.08. The number of ether oxygens (including phenoxy) is 1. The molecule has 0 aromatic carbocycles. The van der Waals surface area contributed by atoms with Crippen molar-refractivity contribution >= 4 is 0 Å². The van der Waals surface area contributed by atoms with Crippen molar-refractivity contribution in [3.63, 3.8) is 0 Å². The molecule has 1 aromatic rings. The third kappa shape index (κ3) is 2.17. The SMILES string of the molecule is CC(O)C(N)c1nc(C2CCCO2)no1. The van der Waals surface area contributed by atoms with E-state index in [1.807, 2.05) is 0 Å². The van der Waals surface area contributed by atoms with Crippen molar-refractivity contribution in [2.24, 2.45) is 5.73 Å². The van der Waals surface area contributed by atoms with Crippen LogP contribution in [0.4, 0.5) is 0 Å². The molecule has 0 spiro atoms. The summed E-state index contributed by atoms with van der Waals surface area (Å²) in [5, 5.41) is 13.1. The molecule has 2 heterocycles. The van der Waals surface area contributed by atoms with E-state index in [0.717, 1.165) is 19.4 Å². The zero-order valence-corrected chi connectivity index (χ0v) is 8.59. The lowest BCUT2D eigenvalue weighted by atomic mass is 10.2. The van der Waals surface area contributed by atoms with Gasteiger partial charge in [0.25, 0.3) is 0 Å². The maximum Gasteiger partial charge on any atom is 0.246 e. The summed E-state index contributed by atoms with van der Waals surface area (Å²) < 4.78 is 10.4. The molecule has 0 radical (unpaired) electrons. The summed E-state index contributed by atoms with van der Waals surface area (Å²) in [4.78, 5) is 4.13. The number of aliphatic hydroxyl groups is 1. The van der Waals surface area contributed by atoms with E-state index >= 15 is 0 Å². The van der Waals surface area contributed by atoms with Gasteiger partial charge in [-0.2, -0.15) is 4.98 Å². The van der Waals surface area contributed by atoms with Crippen LogP contribution in [0, 0.1) is 0 Å². The smallest absolute Gasteiger partial charge is 0.246 e. The van der Waals surface area contributed by atoms with Gasteiger partial charge < -0.3 is 20.1 Å². The molecule has 3 atom stereocenters. The van der Waals surface area contributed by atoms with Gasteiger partial charge in [0.05, 0.1) is 6.10 Å². The number of hydrogen-bond acceptors (Lipinski definition) is 6. The topological polar surface area (TPSA) is 94.4 Å². The quantitative estimate of drug-likeness (QED) is 0.750. The summed E-state index contributed by atoms with van der Waals surface area (Å²) in [6.45, 7) is 2.32. The van der Waals surface area contributed by atoms with Gasteiger partial charge in [0.1, 0.15) is 12.1 Å². The van der Waals surface area contributed by atoms with Crippen LogP contribution >= 0.6 is 0 Å². The standard InChI is InChI=1S/C9H15N3O3/c1-5(13)7(10)9-11-8(12-15-9)6-3-2-4-14-6/h5-7,13H,2-4,10H2,1H3. The third-order valence-corrected chi connectivity index (χ3v) is 2.48. The second-order valence-electron chi connectivity index (χ2n) is 3.76. The van der Waals surface area contributed by atoms with Crippen LogP contribution in [0.15, 0.2) is 4.52 Å². The Morgan fingerprint density at radius 2 is 2.40 bits per heavy atom. The summed E-state index contributed by atoms with van der Waals surface area (Å²) in [6.07, 6.45) is 1.13. The number of hydrogen-bond donors (Lipinski definition) is 2. The second kappa shape index (κ2) is 4.26. The molecule has 1 saturated heterocycles. The average molecular weight is 213 g/mol. The van der Waals surface area contributed by atoms with Crippen molar-refractivity contribution in [2.75, 3.05) is 6.61 Å². The highest BCUT2D eigenvalue weighted by Gasteiger charge is 2.26. The minimum atomic E-state index is -0.706. The highest BCUT2D eigenvalue weighted by Crippen LogP contribution is 2.26. The van der Waals surface area contributed by atoms with E-state index in [2.05, 4.69) is 10.1 Å². The summed E-state index contributed by atoms with van der Waals surface area (Å²) in [7, 11) is 0. The molecule has 0 bridgehead atoms. The van der Waals surface area contributed by atoms with E-state index in [1.165, 1.54) is 0 Å². The van der Waals surface area contributed by atoms with Crippen molar-refractivity contribution in [2.45, 2.75) is 38.0 Å². The van der Waals surface area contributed by atoms with E-state index in [0.29, 0.717) is 5.82 Å². The lowest BCUT2D eigenvalue weighted by molar-refractivity contribution is 0.103. The monoisotopic (exact) mass is 213 g/mol. The average Bonchev–Trinajstić information content (AvgIpc) is 2.86. The summed E-state index contributed by atoms with van der Waals surface area (Å²) >= 11 is 0. The Hall–Kier alpha value is -0.980. The Morgan fingerprint density at radius 3 is 3.00 bits per heavy atom. The first-order valence-electron chi connectivity index (χ1n) is 5.07. The molecule has 0 amide bonds. The number of aliphatic hydroxyl groups excluding tert-OH is 1. The first kappa shape index (κ1) is 10.5. The molecule has 6 nitrogen and oxygen atoms in total. The van der Waals surface area contributed by atoms with Crippen molar-refractivity contribution in [1.29, 1.82) is 0 Å². The summed E-state index contributed by atoms with van der Waals surface area (Å²) in [5.41, 5.74) is 5.66. The van der Waals surface area contributed by atoms with Crippen LogP contribution < -0.4 is 5.73 Å². The molecule has 0 aliphatic carbocycles. The zero-order valence-electron chi connectivity index (χ0n) is 8.59. The lowest BCUT2D eigenvalue weighted by Crippen LogP contribution is -2.23. The van der Waals surface area contributed by atoms with Gasteiger partial charge in [0, 0.05) is 6.61 Å². The van der Waals surface area contributed by atoms with Gasteiger partial charge in [0.15, 0.2) is 0 Å². The molecule has 1 fully saturated rings. The van der Waals surface area contributed by atoms with Crippen molar-refractivity contribution < 1.29 is 14.4 Å². The number of nitrogens with two attached hydrogens (primary N) is 1. The van der Waals surface area contributed by atoms with Crippen molar-refractivity contribution in [3.05, 3.63) is 11.7 Å². The molecule has 84 valence electrons. The van der Waals surface area contributed by atoms with Crippen molar-refractivity contribution in [1.82, 2.24) is 10.1 Å². The number of nitrogens with zero attached hydrogens (tertiary/aromatic N) is 2. The molecular formula is C9H15N3O3. The molecule has 3 unspecified atom stereocenters. The zero-order chi connectivity index (χ0) is 10.8. The van der Waals surface area contributed by atoms with Gasteiger partial charge in [-0.15, -0.1) is 0 Å². The van der Waals surface area contributed by atoms with Gasteiger partial charge >= 0.3 is 0 Å². The molecule has 6 heteroatoms. The van der Waals surface area contributed by atoms with Crippen LogP contribution in [0.3, 0.4) is 0 Å². The molecule has 0 saturated carbocycles. The van der Waals surface area contributed by atoms with Crippen LogP contribution in [0.5, 0.6) is 0 Å². The van der Waals surface area contributed by atoms with Gasteiger partial charge in [-0.3, -0.25) is 0 Å². The molecule has 1 aliphatic rings. The van der Waals surface area contributed by atoms with Gasteiger partial charge in [-0.05, 0) is 19.8 Å². The van der Waals surface area contributed by atoms with Gasteiger partial charge in [-0.25, -0.2) is 0 Å². The number of aromatic nitrogens is 2. The second-order valence-corrected chi connectivity index (χ2v) is 3.76. The first-order chi connectivity index (χ1) is 7.18. The highest BCUT2D eigenvalue weighted by atomic mass is 16.5. The minimum Gasteiger partial charge on any atom is -0.391 e. The van der Waals surface area contributed by atoms with Crippen LogP contribution in [0.1, 0.15) is 43.6 Å². The molecule has 3 N–H and O–H groups in total. The fraction of sp³-hybridized carbons (Fsp3) is 0.778. The Bertz CT molecular complexity index is 304. The van der Waals surface area contributed by atoms with Crippen LogP contribution in [-0.2, 0) is 4.74 Å². The Kier molecular flexibility index (Phi) is 2.99. The molecule has 1 aliphatic heterocycles. The maximum absolute atomic E-state index is 9.26. The van der Waals surface area contributed by atoms with Gasteiger partial charge in [0.2, 0.25) is 11.7 Å². The fourth-order valence-corrected chi connectivity index (χ4v) is 1.50. The van der Waals surface area contributed by atoms with E-state index in [-0.39, 0.29) is 12.0 Å². The summed E-state index contributed by atoms with van der Waals surface area (Å²) in [5.74, 6) is 0.786. The van der Waals surface area contributed by atoms with Crippen molar-refractivity contribution in [3.8, 4) is 0 Å². The predicted octanol–water partition coefficient (Wildman–Crippen LogP) is 0.302. The van der Waals surface area contributed by atoms with Crippen LogP contribution in [0.2, 0.25) is 0 Å². The molecule has 1 aromatic heterocycles. The largest absolute Gasteiger partial charge is 0.391 e. The van der Waals surface area contributed by atoms with Crippen LogP contribution in [0.25, 0.3) is 0 Å². The Balaban J connectivity index is 2.09. The molecular weight excluding hydrogens is 198 g/mol. The summed E-state index contributed by atoms with van der Waals surface area (Å²) in [6, 6.07) is -0.632. The number of rotatable bonds is 3. The Morgan fingerprint density at radius 1 is 1.60 bits per heavy atom. The van der Waals surface area contributed by atoms with E-state index < -0.39 is 12.1 Å². The molecule has 2 rings (SSSR count). The Labute approximate surface area is 87.4 Å². The first-order valence-corrected chi connectivity index (χ1v) is 5.07. The normalized spacial score (nSPS) is 25.4. The fourth-order valence-electron chi connectivity index (χ4n) is 1.50.